The van der Waals surface area contributed by atoms with E-state index in [4.69, 9.17) is 61.3 Å². The fraction of sp³-hybridized carbons (Fsp3) is 1.00. The third-order valence-electron chi connectivity index (χ3n) is 8.37. The van der Waals surface area contributed by atoms with Gasteiger partial charge in [-0.05, 0) is 31.6 Å². The zero-order valence-corrected chi connectivity index (χ0v) is 27.2. The molecule has 0 aromatic rings. The molecule has 41 heavy (non-hydrogen) atoms. The molecule has 9 N–H and O–H groups in total. The molecule has 3 heterocycles. The second-order valence-corrected chi connectivity index (χ2v) is 15.7. The van der Waals surface area contributed by atoms with E-state index in [-0.39, 0.29) is 24.6 Å². The maximum absolute atomic E-state index is 13.3. The first-order chi connectivity index (χ1) is 18.9. The molecule has 0 aromatic heterocycles. The normalized spacial score (nSPS) is 43.9. The van der Waals surface area contributed by atoms with E-state index < -0.39 is 81.3 Å². The van der Waals surface area contributed by atoms with Crippen LogP contribution in [0.5, 0.6) is 0 Å². The molecule has 0 saturated carbocycles. The van der Waals surface area contributed by atoms with Crippen LogP contribution < -0.4 is 17.2 Å². The minimum atomic E-state index is -4.65. The van der Waals surface area contributed by atoms with Crippen LogP contribution in [-0.4, -0.2) is 124 Å². The Balaban J connectivity index is 1.65. The predicted octanol–water partition coefficient (Wildman–Crippen LogP) is -3.26. The maximum atomic E-state index is 13.3. The van der Waals surface area contributed by atoms with Crippen molar-refractivity contribution in [2.75, 3.05) is 13.2 Å². The Morgan fingerprint density at radius 2 is 1.44 bits per heavy atom. The Morgan fingerprint density at radius 1 is 0.902 bits per heavy atom. The van der Waals surface area contributed by atoms with Crippen LogP contribution in [0.2, 0.25) is 0 Å². The number of aliphatic hydroxyl groups is 1. The minimum Gasteiger partial charge on any atom is -0.389 e. The monoisotopic (exact) mass is 643 g/mol. The lowest BCUT2D eigenvalue weighted by molar-refractivity contribution is -0.0581. The van der Waals surface area contributed by atoms with Crippen molar-refractivity contribution in [2.24, 2.45) is 23.1 Å². The van der Waals surface area contributed by atoms with Crippen molar-refractivity contribution in [1.29, 1.82) is 0 Å². The molecule has 0 radical (unpaired) electrons. The van der Waals surface area contributed by atoms with Gasteiger partial charge in [-0.15, -0.1) is 0 Å². The maximum Gasteiger partial charge on any atom is 0.472 e. The molecule has 3 saturated heterocycles. The van der Waals surface area contributed by atoms with Gasteiger partial charge in [0.25, 0.3) is 0 Å². The van der Waals surface area contributed by atoms with Crippen LogP contribution in [0, 0.1) is 5.92 Å². The summed E-state index contributed by atoms with van der Waals surface area (Å²) in [6, 6.07) is -2.94. The average Bonchev–Trinajstić information content (AvgIpc) is 3.42. The Kier molecular flexibility index (Phi) is 12.6. The minimum absolute atomic E-state index is 0.233. The number of hydrogen-bond donors (Lipinski definition) is 6. The molecule has 15 atom stereocenters. The van der Waals surface area contributed by atoms with Gasteiger partial charge in [-0.2, -0.15) is 0 Å². The molecule has 0 bridgehead atoms. The third-order valence-corrected chi connectivity index (χ3v) is 11.1. The molecule has 0 spiro atoms. The van der Waals surface area contributed by atoms with Crippen molar-refractivity contribution in [3.8, 4) is 0 Å². The van der Waals surface area contributed by atoms with Crippen molar-refractivity contribution in [2.45, 2.75) is 112 Å². The van der Waals surface area contributed by atoms with Gasteiger partial charge in [0.05, 0.1) is 43.1 Å². The van der Waals surface area contributed by atoms with Gasteiger partial charge >= 0.3 is 14.5 Å². The number of rotatable bonds is 14. The van der Waals surface area contributed by atoms with Crippen molar-refractivity contribution in [3.63, 3.8) is 0 Å². The Hall–Kier alpha value is 0.555. The smallest absolute Gasteiger partial charge is 0.389 e. The van der Waals surface area contributed by atoms with Gasteiger partial charge in [0.15, 0.2) is 0 Å². The quantitative estimate of drug-likeness (QED) is 0.0809. The van der Waals surface area contributed by atoms with E-state index in [1.807, 2.05) is 21.7 Å². The molecule has 236 valence electrons. The SMILES string of the molecule is BC1OC(COP(O)(=S)OC2C(COP(=O)(O)OC(C)(CCC)C3C(CC)OC(B)C3N)OC(B)C2N)C(O)C1N. The van der Waals surface area contributed by atoms with Crippen LogP contribution in [0.15, 0.2) is 0 Å². The van der Waals surface area contributed by atoms with Gasteiger partial charge in [-0.1, -0.05) is 20.3 Å². The zero-order chi connectivity index (χ0) is 30.9. The van der Waals surface area contributed by atoms with E-state index in [1.165, 1.54) is 0 Å². The number of nitrogens with two attached hydrogens (primary N) is 3. The van der Waals surface area contributed by atoms with Gasteiger partial charge in [0, 0.05) is 30.0 Å². The van der Waals surface area contributed by atoms with Crippen LogP contribution in [0.3, 0.4) is 0 Å². The van der Waals surface area contributed by atoms with Crippen LogP contribution in [0.1, 0.15) is 40.0 Å². The number of ether oxygens (including phenoxy) is 3. The first-order valence-electron chi connectivity index (χ1n) is 14.2. The molecule has 15 unspecified atom stereocenters. The largest absolute Gasteiger partial charge is 0.472 e. The van der Waals surface area contributed by atoms with Crippen LogP contribution >= 0.6 is 14.5 Å². The summed E-state index contributed by atoms with van der Waals surface area (Å²) in [7, 11) is 0.633. The highest BCUT2D eigenvalue weighted by Gasteiger charge is 2.53. The summed E-state index contributed by atoms with van der Waals surface area (Å²) < 4.78 is 53.0. The highest BCUT2D eigenvalue weighted by atomic mass is 32.5. The fourth-order valence-corrected chi connectivity index (χ4v) is 8.65. The first kappa shape index (κ1) is 36.0. The van der Waals surface area contributed by atoms with Gasteiger partial charge in [0.2, 0.25) is 0 Å². The topological polar surface area (TPSA) is 220 Å². The lowest BCUT2D eigenvalue weighted by Gasteiger charge is -2.40. The van der Waals surface area contributed by atoms with Crippen molar-refractivity contribution in [1.82, 2.24) is 0 Å². The molecule has 14 nitrogen and oxygen atoms in total. The van der Waals surface area contributed by atoms with Gasteiger partial charge in [0.1, 0.15) is 41.9 Å². The number of phosphoric acid groups is 1. The number of hydrogen-bond acceptors (Lipinski definition) is 13. The lowest BCUT2D eigenvalue weighted by Crippen LogP contribution is -2.50. The predicted molar refractivity (Wildman–Crippen MR) is 163 cm³/mol. The third kappa shape index (κ3) is 8.63. The van der Waals surface area contributed by atoms with Crippen molar-refractivity contribution >= 4 is 49.9 Å². The molecular weight excluding hydrogens is 597 g/mol. The molecular formula is C21H46B3N3O11P2S. The summed E-state index contributed by atoms with van der Waals surface area (Å²) in [5, 5.41) is 10.2. The molecule has 20 heteroatoms. The Morgan fingerprint density at radius 3 is 2.00 bits per heavy atom. The molecule has 3 aliphatic heterocycles. The summed E-state index contributed by atoms with van der Waals surface area (Å²) in [6.45, 7) is 1.06. The zero-order valence-electron chi connectivity index (χ0n) is 24.6. The molecule has 0 aromatic carbocycles. The van der Waals surface area contributed by atoms with Crippen LogP contribution in [-0.2, 0) is 48.7 Å². The second kappa shape index (κ2) is 14.3. The second-order valence-electron chi connectivity index (χ2n) is 11.5. The van der Waals surface area contributed by atoms with E-state index in [1.54, 1.807) is 22.6 Å². The molecule has 3 rings (SSSR count). The molecule has 3 fully saturated rings. The lowest BCUT2D eigenvalue weighted by atomic mass is 9.74. The van der Waals surface area contributed by atoms with Gasteiger partial charge in [-0.25, -0.2) is 4.57 Å². The van der Waals surface area contributed by atoms with Gasteiger partial charge < -0.3 is 55.4 Å². The van der Waals surface area contributed by atoms with E-state index in [9.17, 15) is 19.5 Å². The standard InChI is InChI=1S/C21H46B3N3O11P2S/c1-4-6-21(3,12-9(5-2)34-18(22)13(12)25)38-39(29,30)32-8-11-17(15(27)20(24)36-11)37-40(31,41)33-7-10-16(28)14(26)19(23)35-10/h9-20,28H,4-8,22-27H2,1-3H3,(H,29,30)(H,31,41). The van der Waals surface area contributed by atoms with Gasteiger partial charge in [-0.3, -0.25) is 9.05 Å². The van der Waals surface area contributed by atoms with E-state index in [0.717, 1.165) is 0 Å². The summed E-state index contributed by atoms with van der Waals surface area (Å²) in [4.78, 5) is 21.5. The first-order valence-corrected chi connectivity index (χ1v) is 18.3. The fourth-order valence-electron chi connectivity index (χ4n) is 6.06. The Labute approximate surface area is 250 Å². The summed E-state index contributed by atoms with van der Waals surface area (Å²) >= 11 is 5.17. The molecule has 3 aliphatic rings. The molecule has 0 amide bonds. The molecule has 0 aliphatic carbocycles. The van der Waals surface area contributed by atoms with Crippen LogP contribution in [0.25, 0.3) is 0 Å². The highest BCUT2D eigenvalue weighted by molar-refractivity contribution is 8.07. The van der Waals surface area contributed by atoms with Crippen molar-refractivity contribution in [3.05, 3.63) is 0 Å². The Bertz CT molecular complexity index is 985. The summed E-state index contributed by atoms with van der Waals surface area (Å²) in [5.74, 6) is -0.337. The summed E-state index contributed by atoms with van der Waals surface area (Å²) in [5.41, 5.74) is 17.5. The van der Waals surface area contributed by atoms with E-state index in [0.29, 0.717) is 19.3 Å². The summed E-state index contributed by atoms with van der Waals surface area (Å²) in [6.07, 6.45) is -2.25. The van der Waals surface area contributed by atoms with E-state index >= 15 is 0 Å². The average molecular weight is 643 g/mol. The van der Waals surface area contributed by atoms with E-state index in [2.05, 4.69) is 0 Å². The van der Waals surface area contributed by atoms with Crippen molar-refractivity contribution < 1.29 is 51.8 Å². The van der Waals surface area contributed by atoms with Crippen LogP contribution in [0.4, 0.5) is 0 Å². The number of aliphatic hydroxyl groups excluding tert-OH is 1. The highest BCUT2D eigenvalue weighted by Crippen LogP contribution is 2.54. The number of phosphoric ester groups is 1.